The molecule has 0 spiro atoms. The van der Waals surface area contributed by atoms with Crippen LogP contribution in [0, 0.1) is 0 Å². The van der Waals surface area contributed by atoms with Gasteiger partial charge in [0.15, 0.2) is 6.67 Å². The molecule has 0 atom stereocenters. The van der Waals surface area contributed by atoms with Gasteiger partial charge in [-0.25, -0.2) is 4.39 Å². The lowest BCUT2D eigenvalue weighted by atomic mass is 10.4. The minimum atomic E-state index is -6.80. The molecule has 74 valence electrons. The average molecular weight is 216 g/mol. The molecule has 0 radical (unpaired) electrons. The lowest BCUT2D eigenvalue weighted by Gasteiger charge is -2.19. The Morgan fingerprint density at radius 1 is 1.08 bits per heavy atom. The maximum atomic E-state index is 11.8. The van der Waals surface area contributed by atoms with Gasteiger partial charge in [0.2, 0.25) is 0 Å². The van der Waals surface area contributed by atoms with Crippen LogP contribution in [0.1, 0.15) is 0 Å². The van der Waals surface area contributed by atoms with Gasteiger partial charge in [-0.05, 0) is 0 Å². The highest BCUT2D eigenvalue weighted by Gasteiger charge is 2.66. The molecule has 0 heterocycles. The highest BCUT2D eigenvalue weighted by Crippen LogP contribution is 2.39. The number of halogens is 6. The van der Waals surface area contributed by atoms with Gasteiger partial charge in [-0.1, -0.05) is 3.89 Å². The van der Waals surface area contributed by atoms with Crippen molar-refractivity contribution in [1.29, 1.82) is 0 Å². The van der Waals surface area contributed by atoms with Gasteiger partial charge in [0, 0.05) is 0 Å². The summed E-state index contributed by atoms with van der Waals surface area (Å²) in [7, 11) is -6.80. The molecule has 0 aromatic rings. The maximum absolute atomic E-state index is 11.8. The van der Waals surface area contributed by atoms with Gasteiger partial charge in [0.05, 0.1) is 0 Å². The lowest BCUT2D eigenvalue weighted by molar-refractivity contribution is -0.167. The molecule has 0 amide bonds. The van der Waals surface area contributed by atoms with E-state index in [1.807, 2.05) is 0 Å². The fourth-order valence-electron chi connectivity index (χ4n) is 0.256. The highest BCUT2D eigenvalue weighted by atomic mass is 32.3. The van der Waals surface area contributed by atoms with Crippen LogP contribution in [0.4, 0.5) is 25.8 Å². The normalized spacial score (nSPS) is 14.8. The standard InChI is InChI=1S/C3H2F6O2S/c4-1-2(5,6)3(7,8)12(9,10)11/h1H2. The maximum Gasteiger partial charge on any atom is 0.438 e. The van der Waals surface area contributed by atoms with Crippen LogP contribution in [-0.4, -0.2) is 26.3 Å². The summed E-state index contributed by atoms with van der Waals surface area (Å²) in [5.74, 6) is -5.54. The van der Waals surface area contributed by atoms with Gasteiger partial charge in [0.1, 0.15) is 0 Å². The highest BCUT2D eigenvalue weighted by molar-refractivity contribution is 7.87. The van der Waals surface area contributed by atoms with Crippen molar-refractivity contribution < 1.29 is 34.3 Å². The lowest BCUT2D eigenvalue weighted by Crippen LogP contribution is -2.46. The van der Waals surface area contributed by atoms with E-state index in [0.29, 0.717) is 0 Å². The van der Waals surface area contributed by atoms with Crippen LogP contribution in [0.15, 0.2) is 0 Å². The van der Waals surface area contributed by atoms with E-state index in [-0.39, 0.29) is 0 Å². The van der Waals surface area contributed by atoms with E-state index in [1.165, 1.54) is 0 Å². The van der Waals surface area contributed by atoms with Crippen molar-refractivity contribution in [2.24, 2.45) is 0 Å². The number of hydrogen-bond acceptors (Lipinski definition) is 2. The van der Waals surface area contributed by atoms with Gasteiger partial charge < -0.3 is 0 Å². The third-order valence-corrected chi connectivity index (χ3v) is 1.81. The molecule has 0 aliphatic carbocycles. The van der Waals surface area contributed by atoms with Gasteiger partial charge in [-0.2, -0.15) is 26.0 Å². The molecule has 2 nitrogen and oxygen atoms in total. The molecule has 12 heavy (non-hydrogen) atoms. The predicted molar refractivity (Wildman–Crippen MR) is 25.9 cm³/mol. The van der Waals surface area contributed by atoms with Crippen molar-refractivity contribution in [1.82, 2.24) is 0 Å². The second kappa shape index (κ2) is 2.79. The summed E-state index contributed by atoms with van der Waals surface area (Å²) in [6.45, 7) is -2.96. The first-order valence-electron chi connectivity index (χ1n) is 2.32. The summed E-state index contributed by atoms with van der Waals surface area (Å²) in [6.07, 6.45) is 0. The largest absolute Gasteiger partial charge is 0.438 e. The first-order valence-corrected chi connectivity index (χ1v) is 3.70. The second-order valence-electron chi connectivity index (χ2n) is 1.79. The number of rotatable bonds is 3. The van der Waals surface area contributed by atoms with Crippen LogP contribution in [-0.2, 0) is 10.2 Å². The smallest absolute Gasteiger partial charge is 0.244 e. The zero-order chi connectivity index (χ0) is 10.2. The van der Waals surface area contributed by atoms with E-state index in [9.17, 15) is 34.3 Å². The van der Waals surface area contributed by atoms with E-state index in [0.717, 1.165) is 0 Å². The van der Waals surface area contributed by atoms with Crippen LogP contribution >= 0.6 is 0 Å². The van der Waals surface area contributed by atoms with Gasteiger partial charge in [0.25, 0.3) is 0 Å². The van der Waals surface area contributed by atoms with Gasteiger partial charge in [-0.3, -0.25) is 0 Å². The van der Waals surface area contributed by atoms with Crippen LogP contribution in [0.25, 0.3) is 0 Å². The van der Waals surface area contributed by atoms with E-state index in [2.05, 4.69) is 0 Å². The van der Waals surface area contributed by atoms with Gasteiger partial charge >= 0.3 is 21.4 Å². The molecule has 0 aliphatic heterocycles. The Labute approximate surface area is 63.4 Å². The Morgan fingerprint density at radius 3 is 1.50 bits per heavy atom. The van der Waals surface area contributed by atoms with E-state index in [4.69, 9.17) is 0 Å². The Kier molecular flexibility index (Phi) is 2.68. The first-order chi connectivity index (χ1) is 5.06. The summed E-state index contributed by atoms with van der Waals surface area (Å²) in [6, 6.07) is 0. The van der Waals surface area contributed by atoms with Crippen LogP contribution < -0.4 is 0 Å². The number of hydrogen-bond donors (Lipinski definition) is 0. The predicted octanol–water partition coefficient (Wildman–Crippen LogP) is 1.48. The van der Waals surface area contributed by atoms with E-state index >= 15 is 0 Å². The first kappa shape index (κ1) is 11.5. The zero-order valence-corrected chi connectivity index (χ0v) is 6.02. The molecular formula is C3H2F6O2S. The van der Waals surface area contributed by atoms with Crippen molar-refractivity contribution >= 4 is 10.2 Å². The Bertz CT molecular complexity index is 256. The molecular weight excluding hydrogens is 214 g/mol. The average Bonchev–Trinajstić information content (AvgIpc) is 1.85. The minimum absolute atomic E-state index is 2.96. The summed E-state index contributed by atoms with van der Waals surface area (Å²) in [5.41, 5.74) is 0. The third kappa shape index (κ3) is 1.65. The molecule has 0 saturated carbocycles. The number of alkyl halides is 5. The van der Waals surface area contributed by atoms with E-state index < -0.39 is 28.1 Å². The van der Waals surface area contributed by atoms with Crippen molar-refractivity contribution in [2.45, 2.75) is 11.2 Å². The monoisotopic (exact) mass is 216 g/mol. The minimum Gasteiger partial charge on any atom is -0.244 e. The quantitative estimate of drug-likeness (QED) is 0.529. The summed E-state index contributed by atoms with van der Waals surface area (Å²) in [5, 5.41) is -6.02. The van der Waals surface area contributed by atoms with Crippen molar-refractivity contribution in [3.63, 3.8) is 0 Å². The van der Waals surface area contributed by atoms with Crippen LogP contribution in [0.5, 0.6) is 0 Å². The summed E-state index contributed by atoms with van der Waals surface area (Å²) < 4.78 is 88.2. The second-order valence-corrected chi connectivity index (χ2v) is 3.18. The molecule has 0 aromatic heterocycles. The summed E-state index contributed by atoms with van der Waals surface area (Å²) >= 11 is 0. The Hall–Kier alpha value is -0.470. The molecule has 0 saturated heterocycles. The zero-order valence-electron chi connectivity index (χ0n) is 5.20. The Balaban J connectivity index is 5.13. The topological polar surface area (TPSA) is 34.1 Å². The van der Waals surface area contributed by atoms with Crippen molar-refractivity contribution in [3.8, 4) is 0 Å². The molecule has 0 bridgehead atoms. The van der Waals surface area contributed by atoms with Gasteiger partial charge in [-0.15, -0.1) is 0 Å². The van der Waals surface area contributed by atoms with Crippen LogP contribution in [0.2, 0.25) is 0 Å². The summed E-state index contributed by atoms with van der Waals surface area (Å²) in [4.78, 5) is 0. The fourth-order valence-corrected chi connectivity index (χ4v) is 0.667. The third-order valence-electron chi connectivity index (χ3n) is 0.900. The van der Waals surface area contributed by atoms with Crippen molar-refractivity contribution in [2.75, 3.05) is 6.67 Å². The fraction of sp³-hybridized carbons (Fsp3) is 1.00. The molecule has 9 heteroatoms. The molecule has 0 N–H and O–H groups in total. The molecule has 0 aromatic carbocycles. The molecule has 0 aliphatic rings. The Morgan fingerprint density at radius 2 is 1.42 bits per heavy atom. The van der Waals surface area contributed by atoms with Crippen LogP contribution in [0.3, 0.4) is 0 Å². The molecule has 0 unspecified atom stereocenters. The molecule has 0 fully saturated rings. The molecule has 0 rings (SSSR count). The van der Waals surface area contributed by atoms with E-state index in [1.54, 1.807) is 0 Å². The van der Waals surface area contributed by atoms with Crippen molar-refractivity contribution in [3.05, 3.63) is 0 Å². The SMILES string of the molecule is O=S(=O)(F)C(F)(F)C(F)(F)CF.